The second kappa shape index (κ2) is 7.32. The summed E-state index contributed by atoms with van der Waals surface area (Å²) in [5, 5.41) is 3.71. The van der Waals surface area contributed by atoms with Gasteiger partial charge in [0.05, 0.1) is 0 Å². The van der Waals surface area contributed by atoms with Crippen molar-refractivity contribution in [2.45, 2.75) is 31.5 Å². The molecule has 0 radical (unpaired) electrons. The Bertz CT molecular complexity index is 716. The van der Waals surface area contributed by atoms with Crippen LogP contribution in [-0.2, 0) is 11.3 Å². The molecule has 0 aromatic heterocycles. The maximum atomic E-state index is 13.2. The molecule has 0 spiro atoms. The lowest BCUT2D eigenvalue weighted by molar-refractivity contribution is -0.126. The van der Waals surface area contributed by atoms with Crippen molar-refractivity contribution < 1.29 is 9.18 Å². The lowest BCUT2D eigenvalue weighted by Gasteiger charge is -2.28. The largest absolute Gasteiger partial charge is 0.352 e. The van der Waals surface area contributed by atoms with E-state index in [1.54, 1.807) is 12.1 Å². The molecule has 0 aliphatic heterocycles. The molecular weight excluding hydrogens is 327 g/mol. The van der Waals surface area contributed by atoms with Crippen LogP contribution >= 0.6 is 11.6 Å². The van der Waals surface area contributed by atoms with E-state index in [4.69, 9.17) is 11.6 Å². The van der Waals surface area contributed by atoms with Crippen LogP contribution in [0.2, 0.25) is 5.02 Å². The number of hydrogen-bond donors (Lipinski definition) is 1. The topological polar surface area (TPSA) is 32.3 Å². The van der Waals surface area contributed by atoms with E-state index in [2.05, 4.69) is 5.32 Å². The predicted octanol–water partition coefficient (Wildman–Crippen LogP) is 3.93. The summed E-state index contributed by atoms with van der Waals surface area (Å²) in [5.74, 6) is -0.368. The molecule has 1 aliphatic carbocycles. The molecular formula is C19H20ClFN2O. The normalized spacial score (nSPS) is 15.3. The predicted molar refractivity (Wildman–Crippen MR) is 93.2 cm³/mol. The Labute approximate surface area is 146 Å². The molecule has 0 saturated heterocycles. The molecule has 1 amide bonds. The summed E-state index contributed by atoms with van der Waals surface area (Å²) in [4.78, 5) is 14.7. The SMILES string of the molecule is CN(Cc1ccccc1Cl)C(C(=O)NC1CC1)c1ccc(F)cc1. The molecule has 1 fully saturated rings. The maximum absolute atomic E-state index is 13.2. The Hall–Kier alpha value is -1.91. The molecule has 0 bridgehead atoms. The first-order valence-electron chi connectivity index (χ1n) is 8.04. The number of carbonyl (C=O) groups is 1. The van der Waals surface area contributed by atoms with Crippen LogP contribution in [0.5, 0.6) is 0 Å². The van der Waals surface area contributed by atoms with Gasteiger partial charge < -0.3 is 5.32 Å². The number of benzene rings is 2. The highest BCUT2D eigenvalue weighted by Gasteiger charge is 2.31. The second-order valence-corrected chi connectivity index (χ2v) is 6.65. The van der Waals surface area contributed by atoms with Gasteiger partial charge in [-0.1, -0.05) is 41.9 Å². The Kier molecular flexibility index (Phi) is 5.17. The average molecular weight is 347 g/mol. The van der Waals surface area contributed by atoms with E-state index in [0.29, 0.717) is 11.6 Å². The van der Waals surface area contributed by atoms with Gasteiger partial charge in [-0.2, -0.15) is 0 Å². The van der Waals surface area contributed by atoms with Gasteiger partial charge in [0.15, 0.2) is 0 Å². The van der Waals surface area contributed by atoms with E-state index in [9.17, 15) is 9.18 Å². The van der Waals surface area contributed by atoms with E-state index in [1.165, 1.54) is 12.1 Å². The summed E-state index contributed by atoms with van der Waals surface area (Å²) in [5.41, 5.74) is 1.72. The van der Waals surface area contributed by atoms with Crippen LogP contribution in [0.3, 0.4) is 0 Å². The molecule has 24 heavy (non-hydrogen) atoms. The van der Waals surface area contributed by atoms with Gasteiger partial charge in [-0.3, -0.25) is 9.69 Å². The van der Waals surface area contributed by atoms with Gasteiger partial charge in [0.1, 0.15) is 11.9 Å². The van der Waals surface area contributed by atoms with E-state index in [-0.39, 0.29) is 17.8 Å². The molecule has 3 rings (SSSR count). The average Bonchev–Trinajstić information content (AvgIpc) is 3.36. The Morgan fingerprint density at radius 1 is 1.25 bits per heavy atom. The van der Waals surface area contributed by atoms with Crippen LogP contribution in [0.4, 0.5) is 4.39 Å². The van der Waals surface area contributed by atoms with Crippen molar-refractivity contribution in [2.24, 2.45) is 0 Å². The summed E-state index contributed by atoms with van der Waals surface area (Å²) in [6.07, 6.45) is 2.05. The summed E-state index contributed by atoms with van der Waals surface area (Å²) in [6.45, 7) is 0.528. The van der Waals surface area contributed by atoms with Gasteiger partial charge in [0, 0.05) is 17.6 Å². The van der Waals surface area contributed by atoms with Gasteiger partial charge in [-0.15, -0.1) is 0 Å². The first-order chi connectivity index (χ1) is 11.5. The third-order valence-corrected chi connectivity index (χ3v) is 4.54. The highest BCUT2D eigenvalue weighted by atomic mass is 35.5. The summed E-state index contributed by atoms with van der Waals surface area (Å²) in [7, 11) is 1.88. The molecule has 1 atom stereocenters. The van der Waals surface area contributed by atoms with Crippen molar-refractivity contribution in [3.8, 4) is 0 Å². The number of amides is 1. The number of halogens is 2. The molecule has 0 heterocycles. The van der Waals surface area contributed by atoms with Gasteiger partial charge in [-0.25, -0.2) is 4.39 Å². The number of nitrogens with one attached hydrogen (secondary N) is 1. The fourth-order valence-electron chi connectivity index (χ4n) is 2.75. The Morgan fingerprint density at radius 2 is 1.92 bits per heavy atom. The van der Waals surface area contributed by atoms with Crippen LogP contribution in [0, 0.1) is 5.82 Å². The zero-order valence-electron chi connectivity index (χ0n) is 13.5. The molecule has 5 heteroatoms. The van der Waals surface area contributed by atoms with Crippen molar-refractivity contribution in [1.29, 1.82) is 0 Å². The molecule has 1 unspecified atom stereocenters. The first-order valence-corrected chi connectivity index (χ1v) is 8.42. The third kappa shape index (κ3) is 4.13. The van der Waals surface area contributed by atoms with E-state index in [1.807, 2.05) is 36.2 Å². The monoisotopic (exact) mass is 346 g/mol. The van der Waals surface area contributed by atoms with Crippen molar-refractivity contribution in [1.82, 2.24) is 10.2 Å². The highest BCUT2D eigenvalue weighted by molar-refractivity contribution is 6.31. The Morgan fingerprint density at radius 3 is 2.54 bits per heavy atom. The van der Waals surface area contributed by atoms with Gasteiger partial charge in [0.25, 0.3) is 0 Å². The van der Waals surface area contributed by atoms with Crippen LogP contribution in [0.15, 0.2) is 48.5 Å². The van der Waals surface area contributed by atoms with Crippen LogP contribution in [0.25, 0.3) is 0 Å². The van der Waals surface area contributed by atoms with E-state index < -0.39 is 6.04 Å². The quantitative estimate of drug-likeness (QED) is 0.859. The summed E-state index contributed by atoms with van der Waals surface area (Å²) in [6, 6.07) is 13.5. The molecule has 126 valence electrons. The summed E-state index contributed by atoms with van der Waals surface area (Å²) >= 11 is 6.24. The minimum atomic E-state index is -0.484. The zero-order chi connectivity index (χ0) is 17.1. The van der Waals surface area contributed by atoms with Crippen LogP contribution in [-0.4, -0.2) is 23.9 Å². The Balaban J connectivity index is 1.83. The van der Waals surface area contributed by atoms with Crippen molar-refractivity contribution in [3.63, 3.8) is 0 Å². The summed E-state index contributed by atoms with van der Waals surface area (Å²) < 4.78 is 13.2. The maximum Gasteiger partial charge on any atom is 0.242 e. The van der Waals surface area contributed by atoms with Crippen molar-refractivity contribution in [3.05, 3.63) is 70.5 Å². The van der Waals surface area contributed by atoms with Crippen molar-refractivity contribution in [2.75, 3.05) is 7.05 Å². The van der Waals surface area contributed by atoms with Crippen LogP contribution in [0.1, 0.15) is 30.0 Å². The van der Waals surface area contributed by atoms with Crippen molar-refractivity contribution >= 4 is 17.5 Å². The zero-order valence-corrected chi connectivity index (χ0v) is 14.3. The molecule has 1 N–H and O–H groups in total. The minimum absolute atomic E-state index is 0.0568. The first kappa shape index (κ1) is 16.9. The second-order valence-electron chi connectivity index (χ2n) is 6.24. The highest BCUT2D eigenvalue weighted by Crippen LogP contribution is 2.27. The number of hydrogen-bond acceptors (Lipinski definition) is 2. The van der Waals surface area contributed by atoms with Gasteiger partial charge in [-0.05, 0) is 49.2 Å². The molecule has 1 aliphatic rings. The number of nitrogens with zero attached hydrogens (tertiary/aromatic N) is 1. The van der Waals surface area contributed by atoms with E-state index in [0.717, 1.165) is 24.0 Å². The lowest BCUT2D eigenvalue weighted by Crippen LogP contribution is -2.39. The number of likely N-dealkylation sites (N-methyl/N-ethyl adjacent to an activating group) is 1. The molecule has 2 aromatic carbocycles. The minimum Gasteiger partial charge on any atom is -0.352 e. The molecule has 2 aromatic rings. The van der Waals surface area contributed by atoms with Gasteiger partial charge >= 0.3 is 0 Å². The third-order valence-electron chi connectivity index (χ3n) is 4.18. The molecule has 1 saturated carbocycles. The van der Waals surface area contributed by atoms with E-state index >= 15 is 0 Å². The number of carbonyl (C=O) groups excluding carboxylic acids is 1. The van der Waals surface area contributed by atoms with Gasteiger partial charge in [0.2, 0.25) is 5.91 Å². The van der Waals surface area contributed by atoms with Crippen LogP contribution < -0.4 is 5.32 Å². The smallest absolute Gasteiger partial charge is 0.242 e. The lowest BCUT2D eigenvalue weighted by atomic mass is 10.0. The molecule has 3 nitrogen and oxygen atoms in total. The fourth-order valence-corrected chi connectivity index (χ4v) is 2.94. The standard InChI is InChI=1S/C19H20ClFN2O/c1-23(12-14-4-2-3-5-17(14)20)18(19(24)22-16-10-11-16)13-6-8-15(21)9-7-13/h2-9,16,18H,10-12H2,1H3,(H,22,24). The number of rotatable bonds is 6. The fraction of sp³-hybridized carbons (Fsp3) is 0.316.